The number of hydrogen-bond acceptors (Lipinski definition) is 4. The van der Waals surface area contributed by atoms with Crippen molar-refractivity contribution in [3.05, 3.63) is 72.7 Å². The van der Waals surface area contributed by atoms with Crippen molar-refractivity contribution in [1.82, 2.24) is 19.6 Å². The van der Waals surface area contributed by atoms with Gasteiger partial charge in [-0.05, 0) is 36.4 Å². The maximum absolute atomic E-state index is 11.4. The van der Waals surface area contributed by atoms with Gasteiger partial charge in [-0.25, -0.2) is 9.50 Å². The van der Waals surface area contributed by atoms with Crippen molar-refractivity contribution in [2.75, 3.05) is 0 Å². The minimum absolute atomic E-state index is 0.451. The molecule has 0 aliphatic rings. The molecule has 0 atom stereocenters. The van der Waals surface area contributed by atoms with Gasteiger partial charge in [0.15, 0.2) is 5.65 Å². The highest BCUT2D eigenvalue weighted by Gasteiger charge is 2.10. The van der Waals surface area contributed by atoms with Crippen molar-refractivity contribution in [1.29, 1.82) is 0 Å². The summed E-state index contributed by atoms with van der Waals surface area (Å²) in [5.74, 6) is -0.461. The molecule has 6 nitrogen and oxygen atoms in total. The number of primary amides is 1. The third-order valence-corrected chi connectivity index (χ3v) is 3.76. The van der Waals surface area contributed by atoms with Gasteiger partial charge in [-0.15, -0.1) is 0 Å². The lowest BCUT2D eigenvalue weighted by Crippen LogP contribution is -2.10. The topological polar surface area (TPSA) is 86.2 Å². The third kappa shape index (κ3) is 2.40. The van der Waals surface area contributed by atoms with Gasteiger partial charge in [0, 0.05) is 29.1 Å². The molecule has 3 heterocycles. The second-order valence-corrected chi connectivity index (χ2v) is 5.32. The lowest BCUT2D eigenvalue weighted by atomic mass is 10.1. The molecule has 0 saturated carbocycles. The number of pyridine rings is 1. The van der Waals surface area contributed by atoms with Crippen LogP contribution in [0.25, 0.3) is 28.2 Å². The highest BCUT2D eigenvalue weighted by Crippen LogP contribution is 2.22. The molecule has 0 radical (unpaired) electrons. The van der Waals surface area contributed by atoms with E-state index in [0.717, 1.165) is 28.2 Å². The van der Waals surface area contributed by atoms with E-state index in [4.69, 9.17) is 5.73 Å². The molecule has 4 rings (SSSR count). The average molecular weight is 315 g/mol. The van der Waals surface area contributed by atoms with Gasteiger partial charge >= 0.3 is 0 Å². The molecular formula is C18H13N5O. The van der Waals surface area contributed by atoms with Crippen LogP contribution >= 0.6 is 0 Å². The van der Waals surface area contributed by atoms with Gasteiger partial charge in [-0.2, -0.15) is 5.10 Å². The van der Waals surface area contributed by atoms with Crippen molar-refractivity contribution >= 4 is 11.6 Å². The highest BCUT2D eigenvalue weighted by molar-refractivity contribution is 5.94. The molecule has 0 aliphatic heterocycles. The molecule has 0 aliphatic carbocycles. The maximum atomic E-state index is 11.4. The number of carbonyl (C=O) groups excluding carboxylic acids is 1. The van der Waals surface area contributed by atoms with E-state index >= 15 is 0 Å². The summed E-state index contributed by atoms with van der Waals surface area (Å²) in [5.41, 5.74) is 9.88. The molecule has 0 fully saturated rings. The van der Waals surface area contributed by atoms with Crippen LogP contribution in [0.2, 0.25) is 0 Å². The number of imidazole rings is 1. The van der Waals surface area contributed by atoms with Crippen LogP contribution in [0.3, 0.4) is 0 Å². The normalized spacial score (nSPS) is 10.8. The first-order valence-electron chi connectivity index (χ1n) is 7.38. The number of fused-ring (bicyclic) bond motifs is 1. The largest absolute Gasteiger partial charge is 0.366 e. The van der Waals surface area contributed by atoms with Gasteiger partial charge in [0.05, 0.1) is 17.6 Å². The number of rotatable bonds is 3. The second kappa shape index (κ2) is 5.58. The number of nitrogens with zero attached hydrogens (tertiary/aromatic N) is 4. The Morgan fingerprint density at radius 2 is 1.88 bits per heavy atom. The fraction of sp³-hybridized carbons (Fsp3) is 0. The summed E-state index contributed by atoms with van der Waals surface area (Å²) < 4.78 is 1.77. The summed E-state index contributed by atoms with van der Waals surface area (Å²) in [6, 6.07) is 14.7. The Bertz CT molecular complexity index is 1040. The lowest BCUT2D eigenvalue weighted by Gasteiger charge is -2.05. The molecule has 116 valence electrons. The zero-order valence-electron chi connectivity index (χ0n) is 12.6. The Morgan fingerprint density at radius 3 is 2.67 bits per heavy atom. The minimum atomic E-state index is -0.461. The number of aromatic nitrogens is 4. The predicted molar refractivity (Wildman–Crippen MR) is 90.2 cm³/mol. The van der Waals surface area contributed by atoms with E-state index in [-0.39, 0.29) is 0 Å². The van der Waals surface area contributed by atoms with Gasteiger partial charge < -0.3 is 5.73 Å². The van der Waals surface area contributed by atoms with Gasteiger partial charge in [0.1, 0.15) is 0 Å². The predicted octanol–water partition coefficient (Wildman–Crippen LogP) is 2.56. The monoisotopic (exact) mass is 315 g/mol. The Kier molecular flexibility index (Phi) is 3.28. The summed E-state index contributed by atoms with van der Waals surface area (Å²) in [6.45, 7) is 0. The average Bonchev–Trinajstić information content (AvgIpc) is 3.05. The van der Waals surface area contributed by atoms with Crippen LogP contribution in [-0.2, 0) is 0 Å². The van der Waals surface area contributed by atoms with Gasteiger partial charge in [-0.3, -0.25) is 9.78 Å². The van der Waals surface area contributed by atoms with E-state index in [1.165, 1.54) is 0 Å². The molecule has 24 heavy (non-hydrogen) atoms. The van der Waals surface area contributed by atoms with Gasteiger partial charge in [0.2, 0.25) is 5.91 Å². The molecule has 6 heteroatoms. The number of carbonyl (C=O) groups is 1. The number of hydrogen-bond donors (Lipinski definition) is 1. The maximum Gasteiger partial charge on any atom is 0.248 e. The van der Waals surface area contributed by atoms with Crippen LogP contribution in [0.5, 0.6) is 0 Å². The molecule has 1 amide bonds. The van der Waals surface area contributed by atoms with E-state index in [1.54, 1.807) is 41.3 Å². The van der Waals surface area contributed by atoms with E-state index in [0.29, 0.717) is 5.56 Å². The molecule has 2 N–H and O–H groups in total. The minimum Gasteiger partial charge on any atom is -0.366 e. The molecule has 0 unspecified atom stereocenters. The lowest BCUT2D eigenvalue weighted by molar-refractivity contribution is 0.100. The first kappa shape index (κ1) is 14.1. The smallest absolute Gasteiger partial charge is 0.248 e. The fourth-order valence-electron chi connectivity index (χ4n) is 2.57. The SMILES string of the molecule is NC(=O)c1cccc(-c2ccc3ncc(-c4cccnc4)n3n2)c1. The fourth-order valence-corrected chi connectivity index (χ4v) is 2.57. The zero-order chi connectivity index (χ0) is 16.5. The first-order valence-corrected chi connectivity index (χ1v) is 7.38. The second-order valence-electron chi connectivity index (χ2n) is 5.32. The number of amides is 1. The standard InChI is InChI=1S/C18H13N5O/c19-18(24)13-4-1-3-12(9-13)15-6-7-17-21-11-16(23(17)22-15)14-5-2-8-20-10-14/h1-11H,(H2,19,24). The molecule has 4 aromatic rings. The summed E-state index contributed by atoms with van der Waals surface area (Å²) in [4.78, 5) is 19.9. The Morgan fingerprint density at radius 1 is 1.00 bits per heavy atom. The Labute approximate surface area is 137 Å². The molecule has 0 bridgehead atoms. The first-order chi connectivity index (χ1) is 11.7. The van der Waals surface area contributed by atoms with Gasteiger partial charge in [-0.1, -0.05) is 12.1 Å². The van der Waals surface area contributed by atoms with Crippen molar-refractivity contribution in [2.45, 2.75) is 0 Å². The molecule has 0 spiro atoms. The van der Waals surface area contributed by atoms with E-state index in [1.807, 2.05) is 30.3 Å². The quantitative estimate of drug-likeness (QED) is 0.629. The number of nitrogens with two attached hydrogens (primary N) is 1. The van der Waals surface area contributed by atoms with E-state index < -0.39 is 5.91 Å². The van der Waals surface area contributed by atoms with Crippen LogP contribution < -0.4 is 5.73 Å². The van der Waals surface area contributed by atoms with Crippen LogP contribution in [0.15, 0.2) is 67.1 Å². The summed E-state index contributed by atoms with van der Waals surface area (Å²) in [5, 5.41) is 4.66. The molecule has 1 aromatic carbocycles. The molecular weight excluding hydrogens is 302 g/mol. The summed E-state index contributed by atoms with van der Waals surface area (Å²) in [7, 11) is 0. The third-order valence-electron chi connectivity index (χ3n) is 3.76. The Hall–Kier alpha value is -3.54. The molecule has 0 saturated heterocycles. The zero-order valence-corrected chi connectivity index (χ0v) is 12.6. The van der Waals surface area contributed by atoms with Crippen LogP contribution in [0, 0.1) is 0 Å². The van der Waals surface area contributed by atoms with Crippen LogP contribution in [-0.4, -0.2) is 25.5 Å². The summed E-state index contributed by atoms with van der Waals surface area (Å²) >= 11 is 0. The highest BCUT2D eigenvalue weighted by atomic mass is 16.1. The number of benzene rings is 1. The summed E-state index contributed by atoms with van der Waals surface area (Å²) in [6.07, 6.45) is 5.26. The van der Waals surface area contributed by atoms with Crippen molar-refractivity contribution in [3.63, 3.8) is 0 Å². The van der Waals surface area contributed by atoms with Crippen molar-refractivity contribution in [3.8, 4) is 22.5 Å². The Balaban J connectivity index is 1.86. The molecule has 3 aromatic heterocycles. The van der Waals surface area contributed by atoms with E-state index in [9.17, 15) is 4.79 Å². The van der Waals surface area contributed by atoms with Crippen LogP contribution in [0.4, 0.5) is 0 Å². The van der Waals surface area contributed by atoms with Crippen molar-refractivity contribution < 1.29 is 4.79 Å². The van der Waals surface area contributed by atoms with E-state index in [2.05, 4.69) is 15.1 Å². The van der Waals surface area contributed by atoms with Crippen molar-refractivity contribution in [2.24, 2.45) is 5.73 Å². The van der Waals surface area contributed by atoms with Gasteiger partial charge in [0.25, 0.3) is 0 Å². The van der Waals surface area contributed by atoms with Crippen LogP contribution in [0.1, 0.15) is 10.4 Å².